The number of benzene rings is 2. The molecule has 0 saturated heterocycles. The van der Waals surface area contributed by atoms with Gasteiger partial charge < -0.3 is 10.1 Å². The molecule has 0 bridgehead atoms. The molecule has 0 radical (unpaired) electrons. The zero-order chi connectivity index (χ0) is 15.2. The van der Waals surface area contributed by atoms with E-state index in [0.29, 0.717) is 17.9 Å². The summed E-state index contributed by atoms with van der Waals surface area (Å²) in [5, 5.41) is 2.96. The fraction of sp³-hybridized carbons (Fsp3) is 0.235. The number of hydrogen-bond donors (Lipinski definition) is 1. The summed E-state index contributed by atoms with van der Waals surface area (Å²) in [6, 6.07) is 15.4. The number of rotatable bonds is 5. The Balaban J connectivity index is 1.97. The summed E-state index contributed by atoms with van der Waals surface area (Å²) in [7, 11) is 1.60. The normalized spacial score (nSPS) is 11.8. The first-order valence-corrected chi connectivity index (χ1v) is 7.58. The molecule has 0 fully saturated rings. The minimum atomic E-state index is -0.0823. The van der Waals surface area contributed by atoms with E-state index in [2.05, 4.69) is 40.3 Å². The van der Waals surface area contributed by atoms with Gasteiger partial charge in [-0.05, 0) is 45.6 Å². The summed E-state index contributed by atoms with van der Waals surface area (Å²) < 4.78 is 5.93. The Morgan fingerprint density at radius 1 is 1.24 bits per heavy atom. The van der Waals surface area contributed by atoms with E-state index in [9.17, 15) is 4.79 Å². The van der Waals surface area contributed by atoms with Gasteiger partial charge in [-0.25, -0.2) is 0 Å². The third-order valence-electron chi connectivity index (χ3n) is 3.35. The van der Waals surface area contributed by atoms with Crippen LogP contribution in [-0.4, -0.2) is 19.6 Å². The Bertz CT molecular complexity index is 613. The molecule has 0 unspecified atom stereocenters. The van der Waals surface area contributed by atoms with Crippen molar-refractivity contribution in [2.24, 2.45) is 0 Å². The van der Waals surface area contributed by atoms with Crippen molar-refractivity contribution in [2.75, 3.05) is 13.7 Å². The molecule has 0 heterocycles. The molecule has 2 rings (SSSR count). The summed E-state index contributed by atoms with van der Waals surface area (Å²) in [6.45, 7) is 2.70. The highest BCUT2D eigenvalue weighted by atomic mass is 79.9. The number of nitrogens with one attached hydrogen (secondary N) is 1. The summed E-state index contributed by atoms with van der Waals surface area (Å²) >= 11 is 3.39. The largest absolute Gasteiger partial charge is 0.496 e. The van der Waals surface area contributed by atoms with Crippen LogP contribution in [0, 0.1) is 0 Å². The van der Waals surface area contributed by atoms with E-state index >= 15 is 0 Å². The Kier molecular flexibility index (Phi) is 5.39. The van der Waals surface area contributed by atoms with E-state index in [0.717, 1.165) is 4.47 Å². The van der Waals surface area contributed by atoms with E-state index in [1.165, 1.54) is 5.56 Å². The Labute approximate surface area is 133 Å². The minimum Gasteiger partial charge on any atom is -0.496 e. The molecular weight excluding hydrogens is 330 g/mol. The second kappa shape index (κ2) is 7.27. The van der Waals surface area contributed by atoms with Crippen LogP contribution in [0.3, 0.4) is 0 Å². The van der Waals surface area contributed by atoms with Crippen molar-refractivity contribution in [3.05, 3.63) is 64.1 Å². The highest BCUT2D eigenvalue weighted by Gasteiger charge is 2.11. The average Bonchev–Trinajstić information content (AvgIpc) is 2.53. The molecule has 0 aliphatic heterocycles. The molecule has 0 spiro atoms. The van der Waals surface area contributed by atoms with Gasteiger partial charge >= 0.3 is 0 Å². The average molecular weight is 348 g/mol. The van der Waals surface area contributed by atoms with Crippen molar-refractivity contribution in [1.29, 1.82) is 0 Å². The highest BCUT2D eigenvalue weighted by Crippen LogP contribution is 2.25. The van der Waals surface area contributed by atoms with E-state index in [1.807, 2.05) is 18.2 Å². The minimum absolute atomic E-state index is 0.0823. The standard InChI is InChI=1S/C17H18BrNO2/c1-12(13-6-4-3-5-7-13)11-19-17(20)14-8-9-16(21-2)15(18)10-14/h3-10,12H,11H2,1-2H3,(H,19,20)/t12-/m1/s1. The topological polar surface area (TPSA) is 38.3 Å². The molecule has 21 heavy (non-hydrogen) atoms. The van der Waals surface area contributed by atoms with Gasteiger partial charge in [0.15, 0.2) is 0 Å². The van der Waals surface area contributed by atoms with Crippen molar-refractivity contribution in [2.45, 2.75) is 12.8 Å². The fourth-order valence-corrected chi connectivity index (χ4v) is 2.60. The van der Waals surface area contributed by atoms with Crippen molar-refractivity contribution in [3.63, 3.8) is 0 Å². The Hall–Kier alpha value is -1.81. The number of amides is 1. The molecule has 0 aliphatic carbocycles. The number of hydrogen-bond acceptors (Lipinski definition) is 2. The van der Waals surface area contributed by atoms with E-state index < -0.39 is 0 Å². The predicted molar refractivity (Wildman–Crippen MR) is 87.9 cm³/mol. The molecular formula is C17H18BrNO2. The lowest BCUT2D eigenvalue weighted by molar-refractivity contribution is 0.0951. The Morgan fingerprint density at radius 2 is 1.95 bits per heavy atom. The molecule has 2 aromatic carbocycles. The first kappa shape index (κ1) is 15.6. The fourth-order valence-electron chi connectivity index (χ4n) is 2.05. The van der Waals surface area contributed by atoms with Gasteiger partial charge in [-0.15, -0.1) is 0 Å². The maximum Gasteiger partial charge on any atom is 0.251 e. The number of halogens is 1. The quantitative estimate of drug-likeness (QED) is 0.887. The van der Waals surface area contributed by atoms with E-state index in [-0.39, 0.29) is 11.8 Å². The molecule has 1 amide bonds. The van der Waals surface area contributed by atoms with Gasteiger partial charge in [0, 0.05) is 12.1 Å². The second-order valence-corrected chi connectivity index (χ2v) is 5.73. The van der Waals surface area contributed by atoms with Gasteiger partial charge in [0.25, 0.3) is 5.91 Å². The maximum atomic E-state index is 12.2. The van der Waals surface area contributed by atoms with Crippen molar-refractivity contribution in [3.8, 4) is 5.75 Å². The third kappa shape index (κ3) is 4.08. The van der Waals surface area contributed by atoms with Crippen LogP contribution < -0.4 is 10.1 Å². The number of ether oxygens (including phenoxy) is 1. The molecule has 1 N–H and O–H groups in total. The molecule has 3 nitrogen and oxygen atoms in total. The summed E-state index contributed by atoms with van der Waals surface area (Å²) in [5.41, 5.74) is 1.83. The predicted octanol–water partition coefficient (Wildman–Crippen LogP) is 3.99. The summed E-state index contributed by atoms with van der Waals surface area (Å²) in [4.78, 5) is 12.2. The van der Waals surface area contributed by atoms with Crippen molar-refractivity contribution >= 4 is 21.8 Å². The van der Waals surface area contributed by atoms with Crippen LogP contribution in [0.4, 0.5) is 0 Å². The van der Waals surface area contributed by atoms with Gasteiger partial charge in [0.05, 0.1) is 11.6 Å². The Morgan fingerprint density at radius 3 is 2.57 bits per heavy atom. The van der Waals surface area contributed by atoms with Crippen LogP contribution in [0.15, 0.2) is 53.0 Å². The zero-order valence-corrected chi connectivity index (χ0v) is 13.7. The lowest BCUT2D eigenvalue weighted by Crippen LogP contribution is -2.27. The maximum absolute atomic E-state index is 12.2. The van der Waals surface area contributed by atoms with Crippen LogP contribution in [0.2, 0.25) is 0 Å². The molecule has 2 aromatic rings. The van der Waals surface area contributed by atoms with Gasteiger partial charge in [-0.1, -0.05) is 37.3 Å². The number of carbonyl (C=O) groups excluding carboxylic acids is 1. The zero-order valence-electron chi connectivity index (χ0n) is 12.1. The molecule has 1 atom stereocenters. The van der Waals surface area contributed by atoms with Crippen LogP contribution in [0.25, 0.3) is 0 Å². The van der Waals surface area contributed by atoms with Crippen LogP contribution in [0.1, 0.15) is 28.8 Å². The number of carbonyl (C=O) groups is 1. The molecule has 0 aliphatic rings. The van der Waals surface area contributed by atoms with Crippen molar-refractivity contribution < 1.29 is 9.53 Å². The monoisotopic (exact) mass is 347 g/mol. The SMILES string of the molecule is COc1ccc(C(=O)NC[C@@H](C)c2ccccc2)cc1Br. The highest BCUT2D eigenvalue weighted by molar-refractivity contribution is 9.10. The lowest BCUT2D eigenvalue weighted by Gasteiger charge is -2.13. The molecule has 110 valence electrons. The van der Waals surface area contributed by atoms with E-state index in [4.69, 9.17) is 4.74 Å². The molecule has 0 aromatic heterocycles. The van der Waals surface area contributed by atoms with Gasteiger partial charge in [0.2, 0.25) is 0 Å². The number of methoxy groups -OCH3 is 1. The third-order valence-corrected chi connectivity index (χ3v) is 3.97. The first-order chi connectivity index (χ1) is 10.1. The lowest BCUT2D eigenvalue weighted by atomic mass is 10.0. The molecule has 4 heteroatoms. The van der Waals surface area contributed by atoms with Crippen LogP contribution >= 0.6 is 15.9 Å². The van der Waals surface area contributed by atoms with E-state index in [1.54, 1.807) is 25.3 Å². The van der Waals surface area contributed by atoms with Gasteiger partial charge in [0.1, 0.15) is 5.75 Å². The van der Waals surface area contributed by atoms with Crippen molar-refractivity contribution in [1.82, 2.24) is 5.32 Å². The summed E-state index contributed by atoms with van der Waals surface area (Å²) in [6.07, 6.45) is 0. The van der Waals surface area contributed by atoms with Gasteiger partial charge in [-0.2, -0.15) is 0 Å². The second-order valence-electron chi connectivity index (χ2n) is 4.87. The van der Waals surface area contributed by atoms with Crippen LogP contribution in [0.5, 0.6) is 5.75 Å². The smallest absolute Gasteiger partial charge is 0.251 e. The summed E-state index contributed by atoms with van der Waals surface area (Å²) in [5.74, 6) is 0.905. The van der Waals surface area contributed by atoms with Gasteiger partial charge in [-0.3, -0.25) is 4.79 Å². The van der Waals surface area contributed by atoms with Crippen LogP contribution in [-0.2, 0) is 0 Å². The molecule has 0 saturated carbocycles. The first-order valence-electron chi connectivity index (χ1n) is 6.78.